The average molecular weight is 376 g/mol. The summed E-state index contributed by atoms with van der Waals surface area (Å²) < 4.78 is 6.90. The van der Waals surface area contributed by atoms with Gasteiger partial charge in [0, 0.05) is 38.9 Å². The van der Waals surface area contributed by atoms with Crippen LogP contribution in [-0.2, 0) is 6.54 Å². The van der Waals surface area contributed by atoms with E-state index in [4.69, 9.17) is 4.74 Å². The molecular formula is C22H24N4O2. The molecule has 0 N–H and O–H groups in total. The maximum Gasteiger partial charge on any atom is 0.274 e. The van der Waals surface area contributed by atoms with Crippen molar-refractivity contribution in [2.75, 3.05) is 33.3 Å². The number of methoxy groups -OCH3 is 1. The van der Waals surface area contributed by atoms with Crippen LogP contribution in [-0.4, -0.2) is 58.8 Å². The number of hydrogen-bond acceptors (Lipinski definition) is 4. The van der Waals surface area contributed by atoms with E-state index in [0.29, 0.717) is 5.69 Å². The molecule has 28 heavy (non-hydrogen) atoms. The Bertz CT molecular complexity index is 913. The zero-order valence-corrected chi connectivity index (χ0v) is 16.0. The molecule has 1 aromatic heterocycles. The summed E-state index contributed by atoms with van der Waals surface area (Å²) in [5.41, 5.74) is 2.68. The standard InChI is InChI=1S/C22H24N4O2/c1-28-20-9-7-19(8-10-20)26-12-11-21(23-26)22(27)25-15-13-24(14-16-25)17-18-5-3-2-4-6-18/h2-12H,13-17H2,1H3. The summed E-state index contributed by atoms with van der Waals surface area (Å²) in [6, 6.07) is 19.8. The molecule has 1 saturated heterocycles. The van der Waals surface area contributed by atoms with Crippen molar-refractivity contribution < 1.29 is 9.53 Å². The molecule has 0 saturated carbocycles. The van der Waals surface area contributed by atoms with Gasteiger partial charge >= 0.3 is 0 Å². The van der Waals surface area contributed by atoms with E-state index in [1.54, 1.807) is 17.9 Å². The number of aromatic nitrogens is 2. The highest BCUT2D eigenvalue weighted by Gasteiger charge is 2.23. The van der Waals surface area contributed by atoms with Crippen LogP contribution >= 0.6 is 0 Å². The van der Waals surface area contributed by atoms with Gasteiger partial charge in [-0.25, -0.2) is 4.68 Å². The average Bonchev–Trinajstić information content (AvgIpc) is 3.25. The molecule has 0 spiro atoms. The van der Waals surface area contributed by atoms with Crippen LogP contribution in [0.1, 0.15) is 16.1 Å². The molecule has 1 amide bonds. The smallest absolute Gasteiger partial charge is 0.274 e. The Balaban J connectivity index is 1.36. The molecule has 0 radical (unpaired) electrons. The van der Waals surface area contributed by atoms with E-state index in [1.807, 2.05) is 41.4 Å². The van der Waals surface area contributed by atoms with E-state index < -0.39 is 0 Å². The molecule has 6 nitrogen and oxygen atoms in total. The largest absolute Gasteiger partial charge is 0.497 e. The van der Waals surface area contributed by atoms with Crippen LogP contribution in [0.15, 0.2) is 66.9 Å². The summed E-state index contributed by atoms with van der Waals surface area (Å²) in [4.78, 5) is 17.1. The van der Waals surface area contributed by atoms with E-state index in [1.165, 1.54) is 5.56 Å². The zero-order chi connectivity index (χ0) is 19.3. The fourth-order valence-electron chi connectivity index (χ4n) is 3.43. The SMILES string of the molecule is COc1ccc(-n2ccc(C(=O)N3CCN(Cc4ccccc4)CC3)n2)cc1. The summed E-state index contributed by atoms with van der Waals surface area (Å²) >= 11 is 0. The predicted octanol–water partition coefficient (Wildman–Crippen LogP) is 2.84. The molecule has 0 bridgehead atoms. The van der Waals surface area contributed by atoms with Gasteiger partial charge in [0.2, 0.25) is 0 Å². The second-order valence-corrected chi connectivity index (χ2v) is 6.90. The highest BCUT2D eigenvalue weighted by Crippen LogP contribution is 2.16. The minimum Gasteiger partial charge on any atom is -0.497 e. The maximum absolute atomic E-state index is 12.8. The number of carbonyl (C=O) groups excluding carboxylic acids is 1. The van der Waals surface area contributed by atoms with Crippen molar-refractivity contribution in [1.82, 2.24) is 19.6 Å². The minimum absolute atomic E-state index is 0.00776. The minimum atomic E-state index is -0.00776. The number of rotatable bonds is 5. The van der Waals surface area contributed by atoms with E-state index in [-0.39, 0.29) is 5.91 Å². The first-order valence-electron chi connectivity index (χ1n) is 9.48. The fraction of sp³-hybridized carbons (Fsp3) is 0.273. The van der Waals surface area contributed by atoms with Gasteiger partial charge in [0.15, 0.2) is 5.69 Å². The molecule has 2 aromatic carbocycles. The third kappa shape index (κ3) is 4.07. The van der Waals surface area contributed by atoms with Crippen LogP contribution in [0.5, 0.6) is 5.75 Å². The Hall–Kier alpha value is -3.12. The van der Waals surface area contributed by atoms with Gasteiger partial charge in [-0.2, -0.15) is 5.10 Å². The molecule has 2 heterocycles. The first-order valence-corrected chi connectivity index (χ1v) is 9.48. The first kappa shape index (κ1) is 18.3. The Labute approximate surface area is 164 Å². The molecule has 3 aromatic rings. The zero-order valence-electron chi connectivity index (χ0n) is 16.0. The number of piperazine rings is 1. The quantitative estimate of drug-likeness (QED) is 0.687. The fourth-order valence-corrected chi connectivity index (χ4v) is 3.43. The van der Waals surface area contributed by atoms with Crippen molar-refractivity contribution in [1.29, 1.82) is 0 Å². The monoisotopic (exact) mass is 376 g/mol. The number of amides is 1. The highest BCUT2D eigenvalue weighted by atomic mass is 16.5. The van der Waals surface area contributed by atoms with Crippen molar-refractivity contribution in [3.05, 3.63) is 78.1 Å². The number of ether oxygens (including phenoxy) is 1. The van der Waals surface area contributed by atoms with Crippen molar-refractivity contribution in [2.24, 2.45) is 0 Å². The molecule has 1 aliphatic rings. The van der Waals surface area contributed by atoms with E-state index in [2.05, 4.69) is 34.3 Å². The maximum atomic E-state index is 12.8. The first-order chi connectivity index (χ1) is 13.7. The normalized spacial score (nSPS) is 14.8. The van der Waals surface area contributed by atoms with Gasteiger partial charge in [-0.3, -0.25) is 9.69 Å². The molecule has 1 aliphatic heterocycles. The Morgan fingerprint density at radius 1 is 0.964 bits per heavy atom. The summed E-state index contributed by atoms with van der Waals surface area (Å²) in [6.07, 6.45) is 1.82. The van der Waals surface area contributed by atoms with E-state index >= 15 is 0 Å². The van der Waals surface area contributed by atoms with Gasteiger partial charge in [0.25, 0.3) is 5.91 Å². The van der Waals surface area contributed by atoms with Crippen molar-refractivity contribution in [3.63, 3.8) is 0 Å². The Morgan fingerprint density at radius 2 is 1.68 bits per heavy atom. The summed E-state index contributed by atoms with van der Waals surface area (Å²) in [6.45, 7) is 4.12. The third-order valence-electron chi connectivity index (χ3n) is 5.05. The second kappa shape index (κ2) is 8.27. The van der Waals surface area contributed by atoms with E-state index in [9.17, 15) is 4.79 Å². The molecule has 6 heteroatoms. The summed E-state index contributed by atoms with van der Waals surface area (Å²) in [5, 5.41) is 4.47. The van der Waals surface area contributed by atoms with Gasteiger partial charge in [-0.05, 0) is 35.9 Å². The van der Waals surface area contributed by atoms with Gasteiger partial charge < -0.3 is 9.64 Å². The number of benzene rings is 2. The van der Waals surface area contributed by atoms with Crippen molar-refractivity contribution >= 4 is 5.91 Å². The van der Waals surface area contributed by atoms with Crippen LogP contribution in [0.4, 0.5) is 0 Å². The van der Waals surface area contributed by atoms with Crippen molar-refractivity contribution in [3.8, 4) is 11.4 Å². The lowest BCUT2D eigenvalue weighted by Crippen LogP contribution is -2.48. The van der Waals surface area contributed by atoms with Crippen molar-refractivity contribution in [2.45, 2.75) is 6.54 Å². The van der Waals surface area contributed by atoms with Crippen LogP contribution in [0.3, 0.4) is 0 Å². The van der Waals surface area contributed by atoms with Crippen LogP contribution in [0.25, 0.3) is 5.69 Å². The van der Waals surface area contributed by atoms with Gasteiger partial charge in [0.05, 0.1) is 12.8 Å². The Kier molecular flexibility index (Phi) is 5.39. The predicted molar refractivity (Wildman–Crippen MR) is 108 cm³/mol. The Morgan fingerprint density at radius 3 is 2.36 bits per heavy atom. The van der Waals surface area contributed by atoms with Gasteiger partial charge in [-0.1, -0.05) is 30.3 Å². The molecule has 144 valence electrons. The lowest BCUT2D eigenvalue weighted by Gasteiger charge is -2.34. The van der Waals surface area contributed by atoms with Crippen LogP contribution in [0, 0.1) is 0 Å². The molecule has 0 atom stereocenters. The topological polar surface area (TPSA) is 50.6 Å². The lowest BCUT2D eigenvalue weighted by atomic mass is 10.2. The second-order valence-electron chi connectivity index (χ2n) is 6.90. The van der Waals surface area contributed by atoms with Crippen LogP contribution in [0.2, 0.25) is 0 Å². The lowest BCUT2D eigenvalue weighted by molar-refractivity contribution is 0.0622. The number of hydrogen-bond donors (Lipinski definition) is 0. The molecule has 0 aliphatic carbocycles. The third-order valence-corrected chi connectivity index (χ3v) is 5.05. The molecular weight excluding hydrogens is 352 g/mol. The van der Waals surface area contributed by atoms with Gasteiger partial charge in [0.1, 0.15) is 5.75 Å². The molecule has 1 fully saturated rings. The number of carbonyl (C=O) groups is 1. The van der Waals surface area contributed by atoms with E-state index in [0.717, 1.165) is 44.2 Å². The van der Waals surface area contributed by atoms with Crippen LogP contribution < -0.4 is 4.74 Å². The summed E-state index contributed by atoms with van der Waals surface area (Å²) in [5.74, 6) is 0.784. The highest BCUT2D eigenvalue weighted by molar-refractivity contribution is 5.92. The molecule has 4 rings (SSSR count). The molecule has 0 unspecified atom stereocenters. The number of nitrogens with zero attached hydrogens (tertiary/aromatic N) is 4. The van der Waals surface area contributed by atoms with Gasteiger partial charge in [-0.15, -0.1) is 0 Å². The summed E-state index contributed by atoms with van der Waals surface area (Å²) in [7, 11) is 1.64.